The number of methoxy groups -OCH3 is 1. The lowest BCUT2D eigenvalue weighted by Gasteiger charge is -2.09. The van der Waals surface area contributed by atoms with Crippen LogP contribution in [0.15, 0.2) is 36.8 Å². The van der Waals surface area contributed by atoms with Crippen LogP contribution < -0.4 is 5.32 Å². The largest absolute Gasteiger partial charge is 0.383 e. The van der Waals surface area contributed by atoms with Crippen LogP contribution in [0.25, 0.3) is 0 Å². The first-order valence-electron chi connectivity index (χ1n) is 6.72. The lowest BCUT2D eigenvalue weighted by molar-refractivity contribution is 0.199. The summed E-state index contributed by atoms with van der Waals surface area (Å²) in [6.07, 6.45) is 4.75. The zero-order valence-electron chi connectivity index (χ0n) is 11.7. The predicted octanol–water partition coefficient (Wildman–Crippen LogP) is 2.52. The van der Waals surface area contributed by atoms with E-state index in [9.17, 15) is 0 Å². The second kappa shape index (κ2) is 8.04. The van der Waals surface area contributed by atoms with Crippen molar-refractivity contribution in [2.24, 2.45) is 0 Å². The van der Waals surface area contributed by atoms with Crippen molar-refractivity contribution in [3.05, 3.63) is 53.1 Å². The van der Waals surface area contributed by atoms with Crippen LogP contribution >= 0.6 is 11.6 Å². The molecule has 0 spiro atoms. The van der Waals surface area contributed by atoms with Gasteiger partial charge in [0.2, 0.25) is 0 Å². The maximum Gasteiger partial charge on any atom is 0.0948 e. The van der Waals surface area contributed by atoms with Crippen LogP contribution in [0.3, 0.4) is 0 Å². The van der Waals surface area contributed by atoms with Crippen LogP contribution in [-0.4, -0.2) is 29.8 Å². The SMILES string of the molecule is COCCNCc1cncn1CCc1ccc(Cl)cc1. The topological polar surface area (TPSA) is 39.1 Å². The minimum atomic E-state index is 0.721. The van der Waals surface area contributed by atoms with Crippen molar-refractivity contribution in [1.29, 1.82) is 0 Å². The molecular weight excluding hydrogens is 274 g/mol. The summed E-state index contributed by atoms with van der Waals surface area (Å²) in [5, 5.41) is 4.11. The zero-order valence-corrected chi connectivity index (χ0v) is 12.4. The lowest BCUT2D eigenvalue weighted by atomic mass is 10.1. The molecule has 2 rings (SSSR count). The van der Waals surface area contributed by atoms with Gasteiger partial charge in [0, 0.05) is 38.0 Å². The molecule has 4 nitrogen and oxygen atoms in total. The maximum atomic E-state index is 5.89. The zero-order chi connectivity index (χ0) is 14.2. The van der Waals surface area contributed by atoms with E-state index in [0.29, 0.717) is 0 Å². The molecule has 0 radical (unpaired) electrons. The Morgan fingerprint density at radius 2 is 2.10 bits per heavy atom. The third kappa shape index (κ3) is 4.63. The Morgan fingerprint density at radius 3 is 2.85 bits per heavy atom. The standard InChI is InChI=1S/C15H20ClN3O/c1-20-9-7-17-10-15-11-18-12-19(15)8-6-13-2-4-14(16)5-3-13/h2-5,11-12,17H,6-10H2,1H3. The Labute approximate surface area is 124 Å². The predicted molar refractivity (Wildman–Crippen MR) is 81.0 cm³/mol. The molecule has 0 unspecified atom stereocenters. The summed E-state index contributed by atoms with van der Waals surface area (Å²) in [4.78, 5) is 4.22. The fourth-order valence-corrected chi connectivity index (χ4v) is 2.11. The number of halogens is 1. The monoisotopic (exact) mass is 293 g/mol. The number of aromatic nitrogens is 2. The maximum absolute atomic E-state index is 5.89. The third-order valence-corrected chi connectivity index (χ3v) is 3.39. The van der Waals surface area contributed by atoms with E-state index < -0.39 is 0 Å². The van der Waals surface area contributed by atoms with Crippen molar-refractivity contribution in [2.45, 2.75) is 19.5 Å². The van der Waals surface area contributed by atoms with E-state index >= 15 is 0 Å². The summed E-state index contributed by atoms with van der Waals surface area (Å²) < 4.78 is 7.19. The normalized spacial score (nSPS) is 10.9. The first-order chi connectivity index (χ1) is 9.79. The molecule has 0 amide bonds. The van der Waals surface area contributed by atoms with Gasteiger partial charge in [0.25, 0.3) is 0 Å². The number of nitrogens with one attached hydrogen (secondary N) is 1. The van der Waals surface area contributed by atoms with Crippen molar-refractivity contribution in [1.82, 2.24) is 14.9 Å². The molecule has 1 aromatic heterocycles. The number of benzene rings is 1. The number of aryl methyl sites for hydroxylation is 2. The van der Waals surface area contributed by atoms with Crippen LogP contribution in [0.1, 0.15) is 11.3 Å². The molecule has 1 N–H and O–H groups in total. The first kappa shape index (κ1) is 15.0. The summed E-state index contributed by atoms with van der Waals surface area (Å²) in [6, 6.07) is 7.99. The average molecular weight is 294 g/mol. The minimum absolute atomic E-state index is 0.721. The van der Waals surface area contributed by atoms with Crippen LogP contribution in [-0.2, 0) is 24.2 Å². The summed E-state index contributed by atoms with van der Waals surface area (Å²) in [5.41, 5.74) is 2.47. The minimum Gasteiger partial charge on any atom is -0.383 e. The lowest BCUT2D eigenvalue weighted by Crippen LogP contribution is -2.20. The second-order valence-corrected chi connectivity index (χ2v) is 5.06. The van der Waals surface area contributed by atoms with Gasteiger partial charge in [0.05, 0.1) is 18.6 Å². The van der Waals surface area contributed by atoms with Crippen molar-refractivity contribution in [2.75, 3.05) is 20.3 Å². The molecule has 0 atom stereocenters. The third-order valence-electron chi connectivity index (χ3n) is 3.14. The molecule has 0 bridgehead atoms. The number of imidazole rings is 1. The number of hydrogen-bond acceptors (Lipinski definition) is 3. The van der Waals surface area contributed by atoms with Gasteiger partial charge < -0.3 is 14.6 Å². The molecule has 0 aliphatic heterocycles. The molecule has 108 valence electrons. The number of ether oxygens (including phenoxy) is 1. The van der Waals surface area contributed by atoms with Crippen LogP contribution in [0, 0.1) is 0 Å². The molecule has 1 heterocycles. The molecule has 0 aliphatic carbocycles. The van der Waals surface area contributed by atoms with Gasteiger partial charge in [0.15, 0.2) is 0 Å². The molecule has 5 heteroatoms. The van der Waals surface area contributed by atoms with Crippen molar-refractivity contribution in [3.8, 4) is 0 Å². The highest BCUT2D eigenvalue weighted by atomic mass is 35.5. The van der Waals surface area contributed by atoms with Gasteiger partial charge in [-0.15, -0.1) is 0 Å². The molecule has 0 aliphatic rings. The fraction of sp³-hybridized carbons (Fsp3) is 0.400. The molecular formula is C15H20ClN3O. The summed E-state index contributed by atoms with van der Waals surface area (Å²) >= 11 is 5.89. The first-order valence-corrected chi connectivity index (χ1v) is 7.10. The Balaban J connectivity index is 1.83. The number of nitrogens with zero attached hydrogens (tertiary/aromatic N) is 2. The van der Waals surface area contributed by atoms with Crippen LogP contribution in [0.5, 0.6) is 0 Å². The van der Waals surface area contributed by atoms with Gasteiger partial charge in [-0.3, -0.25) is 0 Å². The van der Waals surface area contributed by atoms with Crippen molar-refractivity contribution in [3.63, 3.8) is 0 Å². The van der Waals surface area contributed by atoms with E-state index in [1.54, 1.807) is 7.11 Å². The van der Waals surface area contributed by atoms with Gasteiger partial charge in [-0.1, -0.05) is 23.7 Å². The average Bonchev–Trinajstić information content (AvgIpc) is 2.90. The van der Waals surface area contributed by atoms with E-state index in [4.69, 9.17) is 16.3 Å². The van der Waals surface area contributed by atoms with E-state index in [0.717, 1.165) is 37.7 Å². The van der Waals surface area contributed by atoms with Gasteiger partial charge in [0.1, 0.15) is 0 Å². The highest BCUT2D eigenvalue weighted by Crippen LogP contribution is 2.11. The van der Waals surface area contributed by atoms with Crippen LogP contribution in [0.2, 0.25) is 5.02 Å². The van der Waals surface area contributed by atoms with Gasteiger partial charge >= 0.3 is 0 Å². The van der Waals surface area contributed by atoms with Gasteiger partial charge in [-0.2, -0.15) is 0 Å². The van der Waals surface area contributed by atoms with E-state index in [2.05, 4.69) is 27.0 Å². The molecule has 0 fully saturated rings. The highest BCUT2D eigenvalue weighted by Gasteiger charge is 2.02. The van der Waals surface area contributed by atoms with Gasteiger partial charge in [-0.05, 0) is 24.1 Å². The van der Waals surface area contributed by atoms with E-state index in [1.165, 1.54) is 11.3 Å². The van der Waals surface area contributed by atoms with E-state index in [1.807, 2.05) is 24.7 Å². The van der Waals surface area contributed by atoms with Crippen molar-refractivity contribution < 1.29 is 4.74 Å². The summed E-state index contributed by atoms with van der Waals surface area (Å²) in [5.74, 6) is 0. The Hall–Kier alpha value is -1.36. The van der Waals surface area contributed by atoms with Crippen LogP contribution in [0.4, 0.5) is 0 Å². The Bertz CT molecular complexity index is 510. The van der Waals surface area contributed by atoms with E-state index in [-0.39, 0.29) is 0 Å². The molecule has 0 saturated carbocycles. The molecule has 2 aromatic rings. The Morgan fingerprint density at radius 1 is 1.30 bits per heavy atom. The smallest absolute Gasteiger partial charge is 0.0948 e. The molecule has 1 aromatic carbocycles. The fourth-order valence-electron chi connectivity index (χ4n) is 1.99. The summed E-state index contributed by atoms with van der Waals surface area (Å²) in [6.45, 7) is 3.30. The van der Waals surface area contributed by atoms with Crippen molar-refractivity contribution >= 4 is 11.6 Å². The summed E-state index contributed by atoms with van der Waals surface area (Å²) in [7, 11) is 1.71. The Kier molecular flexibility index (Phi) is 6.05. The van der Waals surface area contributed by atoms with Gasteiger partial charge in [-0.25, -0.2) is 4.98 Å². The molecule has 20 heavy (non-hydrogen) atoms. The second-order valence-electron chi connectivity index (χ2n) is 4.62. The molecule has 0 saturated heterocycles. The number of hydrogen-bond donors (Lipinski definition) is 1. The quantitative estimate of drug-likeness (QED) is 0.760. The highest BCUT2D eigenvalue weighted by molar-refractivity contribution is 6.30. The number of rotatable bonds is 8.